The second-order valence-electron chi connectivity index (χ2n) is 4.91. The van der Waals surface area contributed by atoms with Crippen LogP contribution in [0.5, 0.6) is 0 Å². The molecule has 0 saturated carbocycles. The van der Waals surface area contributed by atoms with Gasteiger partial charge in [0, 0.05) is 37.9 Å². The third-order valence-corrected chi connectivity index (χ3v) is 3.64. The molecule has 108 valence electrons. The maximum Gasteiger partial charge on any atom is 0.198 e. The van der Waals surface area contributed by atoms with Gasteiger partial charge >= 0.3 is 0 Å². The van der Waals surface area contributed by atoms with Crippen LogP contribution in [0.2, 0.25) is 0 Å². The third-order valence-electron chi connectivity index (χ3n) is 3.40. The summed E-state index contributed by atoms with van der Waals surface area (Å²) in [5.41, 5.74) is 8.20. The Balaban J connectivity index is 1.78. The van der Waals surface area contributed by atoms with E-state index in [-0.39, 0.29) is 0 Å². The number of hydrogen-bond donors (Lipinski definition) is 2. The largest absolute Gasteiger partial charge is 0.369 e. The fraction of sp³-hybridized carbons (Fsp3) is 0.500. The lowest BCUT2D eigenvalue weighted by Crippen LogP contribution is -2.37. The number of likely N-dealkylation sites (tertiary alicyclic amines) is 1. The zero-order chi connectivity index (χ0) is 14.4. The minimum absolute atomic E-state index is 0.447. The molecule has 0 bridgehead atoms. The van der Waals surface area contributed by atoms with Crippen molar-refractivity contribution in [3.63, 3.8) is 0 Å². The van der Waals surface area contributed by atoms with Crippen LogP contribution in [-0.2, 0) is 6.42 Å². The molecule has 5 nitrogen and oxygen atoms in total. The summed E-state index contributed by atoms with van der Waals surface area (Å²) in [5.74, 6) is 0.522. The molecule has 1 saturated heterocycles. The molecule has 0 unspecified atom stereocenters. The lowest BCUT2D eigenvalue weighted by Gasteiger charge is -2.16. The van der Waals surface area contributed by atoms with E-state index >= 15 is 0 Å². The summed E-state index contributed by atoms with van der Waals surface area (Å²) in [6, 6.07) is 4.00. The quantitative estimate of drug-likeness (QED) is 0.498. The van der Waals surface area contributed by atoms with Crippen LogP contribution in [0, 0.1) is 6.92 Å². The topological polar surface area (TPSA) is 66.5 Å². The Hall–Kier alpha value is -1.69. The molecule has 0 amide bonds. The van der Waals surface area contributed by atoms with Gasteiger partial charge in [0.25, 0.3) is 0 Å². The van der Waals surface area contributed by atoms with Crippen LogP contribution in [-0.4, -0.2) is 40.6 Å². The van der Waals surface area contributed by atoms with E-state index in [1.165, 1.54) is 18.4 Å². The fourth-order valence-corrected chi connectivity index (χ4v) is 2.42. The van der Waals surface area contributed by atoms with Gasteiger partial charge in [0.15, 0.2) is 11.1 Å². The van der Waals surface area contributed by atoms with Gasteiger partial charge in [-0.15, -0.1) is 0 Å². The Morgan fingerprint density at radius 2 is 2.25 bits per heavy atom. The number of hydrogen-bond acceptors (Lipinski definition) is 2. The van der Waals surface area contributed by atoms with E-state index < -0.39 is 0 Å². The van der Waals surface area contributed by atoms with Crippen LogP contribution in [0.15, 0.2) is 23.3 Å². The van der Waals surface area contributed by atoms with Gasteiger partial charge in [0.1, 0.15) is 0 Å². The number of nitrogens with two attached hydrogens (primary N) is 1. The zero-order valence-corrected chi connectivity index (χ0v) is 12.6. The fourth-order valence-electron chi connectivity index (χ4n) is 2.23. The molecule has 1 fully saturated rings. The summed E-state index contributed by atoms with van der Waals surface area (Å²) in [6.45, 7) is 4.73. The Labute approximate surface area is 125 Å². The molecule has 20 heavy (non-hydrogen) atoms. The predicted octanol–water partition coefficient (Wildman–Crippen LogP) is 1.22. The number of pyridine rings is 1. The van der Waals surface area contributed by atoms with Crippen molar-refractivity contribution in [2.24, 2.45) is 10.7 Å². The van der Waals surface area contributed by atoms with Gasteiger partial charge in [-0.3, -0.25) is 4.98 Å². The van der Waals surface area contributed by atoms with Gasteiger partial charge in [0.05, 0.1) is 0 Å². The summed E-state index contributed by atoms with van der Waals surface area (Å²) in [4.78, 5) is 10.6. The average molecular weight is 291 g/mol. The molecule has 2 heterocycles. The molecule has 0 atom stereocenters. The monoisotopic (exact) mass is 291 g/mol. The molecule has 1 aromatic rings. The Bertz CT molecular complexity index is 494. The first-order valence-corrected chi connectivity index (χ1v) is 7.35. The molecule has 1 aromatic heterocycles. The smallest absolute Gasteiger partial charge is 0.198 e. The second kappa shape index (κ2) is 7.19. The standard InChI is InChI=1S/C14H21N5S/c1-11-5-4-7-16-12(11)6-8-17-14(20)18-13(15)19-9-2-3-10-19/h4-5,7H,2-3,6,8-10H2,1H3,(H3,15,17,18,20). The Morgan fingerprint density at radius 3 is 2.95 bits per heavy atom. The first-order valence-electron chi connectivity index (χ1n) is 6.94. The van der Waals surface area contributed by atoms with Gasteiger partial charge in [-0.2, -0.15) is 4.99 Å². The Morgan fingerprint density at radius 1 is 1.50 bits per heavy atom. The SMILES string of the molecule is Cc1cccnc1CCNC(=S)/N=C(\N)N1CCCC1. The van der Waals surface area contributed by atoms with Gasteiger partial charge in [-0.25, -0.2) is 0 Å². The maximum atomic E-state index is 5.92. The molecule has 0 aromatic carbocycles. The second-order valence-corrected chi connectivity index (χ2v) is 5.30. The van der Waals surface area contributed by atoms with E-state index in [1.807, 2.05) is 12.3 Å². The van der Waals surface area contributed by atoms with Crippen molar-refractivity contribution in [3.05, 3.63) is 29.6 Å². The van der Waals surface area contributed by atoms with Crippen molar-refractivity contribution in [1.29, 1.82) is 0 Å². The molecule has 1 aliphatic heterocycles. The van der Waals surface area contributed by atoms with Gasteiger partial charge in [-0.1, -0.05) is 6.07 Å². The van der Waals surface area contributed by atoms with E-state index in [2.05, 4.69) is 33.2 Å². The van der Waals surface area contributed by atoms with E-state index in [9.17, 15) is 0 Å². The lowest BCUT2D eigenvalue weighted by atomic mass is 10.2. The van der Waals surface area contributed by atoms with E-state index in [4.69, 9.17) is 18.0 Å². The molecule has 3 N–H and O–H groups in total. The van der Waals surface area contributed by atoms with Crippen molar-refractivity contribution < 1.29 is 0 Å². The summed E-state index contributed by atoms with van der Waals surface area (Å²) < 4.78 is 0. The van der Waals surface area contributed by atoms with E-state index in [0.29, 0.717) is 17.6 Å². The number of nitrogens with one attached hydrogen (secondary N) is 1. The van der Waals surface area contributed by atoms with Crippen molar-refractivity contribution in [3.8, 4) is 0 Å². The highest BCUT2D eigenvalue weighted by molar-refractivity contribution is 7.80. The van der Waals surface area contributed by atoms with Crippen LogP contribution in [0.3, 0.4) is 0 Å². The molecular formula is C14H21N5S. The number of nitrogens with zero attached hydrogens (tertiary/aromatic N) is 3. The summed E-state index contributed by atoms with van der Waals surface area (Å²) in [6.07, 6.45) is 4.99. The highest BCUT2D eigenvalue weighted by Crippen LogP contribution is 2.06. The molecule has 0 spiro atoms. The number of thiocarbonyl (C=S) groups is 1. The molecule has 1 aliphatic rings. The molecule has 0 aliphatic carbocycles. The van der Waals surface area contributed by atoms with Crippen molar-refractivity contribution in [2.45, 2.75) is 26.2 Å². The highest BCUT2D eigenvalue weighted by Gasteiger charge is 2.13. The van der Waals surface area contributed by atoms with Crippen LogP contribution >= 0.6 is 12.2 Å². The first-order chi connectivity index (χ1) is 9.66. The maximum absolute atomic E-state index is 5.92. The molecule has 6 heteroatoms. The number of aromatic nitrogens is 1. The van der Waals surface area contributed by atoms with E-state index in [0.717, 1.165) is 25.2 Å². The molecule has 0 radical (unpaired) electrons. The number of aliphatic imine (C=N–C) groups is 1. The summed E-state index contributed by atoms with van der Waals surface area (Å²) in [7, 11) is 0. The van der Waals surface area contributed by atoms with Crippen LogP contribution in [0.4, 0.5) is 0 Å². The number of aryl methyl sites for hydroxylation is 1. The minimum atomic E-state index is 0.447. The predicted molar refractivity (Wildman–Crippen MR) is 85.7 cm³/mol. The van der Waals surface area contributed by atoms with Crippen LogP contribution in [0.25, 0.3) is 0 Å². The molecular weight excluding hydrogens is 270 g/mol. The van der Waals surface area contributed by atoms with Crippen molar-refractivity contribution >= 4 is 23.3 Å². The third kappa shape index (κ3) is 4.16. The summed E-state index contributed by atoms with van der Waals surface area (Å²) in [5, 5.41) is 3.56. The van der Waals surface area contributed by atoms with Gasteiger partial charge in [-0.05, 0) is 43.6 Å². The lowest BCUT2D eigenvalue weighted by molar-refractivity contribution is 0.514. The van der Waals surface area contributed by atoms with Crippen molar-refractivity contribution in [1.82, 2.24) is 15.2 Å². The normalized spacial score (nSPS) is 15.4. The molecule has 2 rings (SSSR count). The van der Waals surface area contributed by atoms with Crippen LogP contribution < -0.4 is 11.1 Å². The van der Waals surface area contributed by atoms with Gasteiger partial charge in [0.2, 0.25) is 0 Å². The summed E-state index contributed by atoms with van der Waals surface area (Å²) >= 11 is 5.19. The minimum Gasteiger partial charge on any atom is -0.369 e. The van der Waals surface area contributed by atoms with Crippen molar-refractivity contribution in [2.75, 3.05) is 19.6 Å². The average Bonchev–Trinajstić information content (AvgIpc) is 2.95. The van der Waals surface area contributed by atoms with Crippen LogP contribution in [0.1, 0.15) is 24.1 Å². The zero-order valence-electron chi connectivity index (χ0n) is 11.8. The highest BCUT2D eigenvalue weighted by atomic mass is 32.1. The van der Waals surface area contributed by atoms with Gasteiger partial charge < -0.3 is 16.0 Å². The Kier molecular flexibility index (Phi) is 5.29. The number of rotatable bonds is 3. The van der Waals surface area contributed by atoms with E-state index in [1.54, 1.807) is 0 Å². The number of guanidine groups is 1. The first kappa shape index (κ1) is 14.7.